The quantitative estimate of drug-likeness (QED) is 0.822. The fourth-order valence-corrected chi connectivity index (χ4v) is 4.04. The van der Waals surface area contributed by atoms with Crippen LogP contribution in [-0.2, 0) is 20.5 Å². The van der Waals surface area contributed by atoms with Gasteiger partial charge in [-0.1, -0.05) is 18.2 Å². The molecule has 0 amide bonds. The Morgan fingerprint density at radius 2 is 2.09 bits per heavy atom. The molecule has 6 nitrogen and oxygen atoms in total. The van der Waals surface area contributed by atoms with Crippen LogP contribution in [0.2, 0.25) is 0 Å². The molecule has 1 saturated heterocycles. The lowest BCUT2D eigenvalue weighted by Crippen LogP contribution is -2.51. The number of sulfonamides is 1. The lowest BCUT2D eigenvalue weighted by molar-refractivity contribution is 0.0600. The number of carbonyl (C=O) groups is 1. The average Bonchev–Trinajstić information content (AvgIpc) is 2.46. The Hall–Kier alpha value is -1.15. The molecule has 0 bridgehead atoms. The number of piperazine rings is 1. The van der Waals surface area contributed by atoms with Crippen LogP contribution in [-0.4, -0.2) is 51.5 Å². The number of nitrogens with one attached hydrogen (secondary N) is 1. The van der Waals surface area contributed by atoms with Crippen molar-refractivity contribution >= 4 is 28.4 Å². The molecule has 0 radical (unpaired) electrons. The minimum absolute atomic E-state index is 0. The lowest BCUT2D eigenvalue weighted by atomic mass is 10.1. The van der Waals surface area contributed by atoms with Gasteiger partial charge in [0.05, 0.1) is 18.4 Å². The molecule has 1 N–H and O–H groups in total. The van der Waals surface area contributed by atoms with Crippen LogP contribution in [0.1, 0.15) is 22.8 Å². The Morgan fingerprint density at radius 3 is 2.73 bits per heavy atom. The third-order valence-electron chi connectivity index (χ3n) is 3.49. The first-order chi connectivity index (χ1) is 9.94. The number of ether oxygens (including phenoxy) is 1. The van der Waals surface area contributed by atoms with Crippen molar-refractivity contribution in [3.05, 3.63) is 35.4 Å². The van der Waals surface area contributed by atoms with Crippen LogP contribution in [0.3, 0.4) is 0 Å². The van der Waals surface area contributed by atoms with Gasteiger partial charge in [-0.3, -0.25) is 0 Å². The lowest BCUT2D eigenvalue weighted by Gasteiger charge is -2.31. The number of carbonyl (C=O) groups excluding carboxylic acids is 1. The van der Waals surface area contributed by atoms with Crippen molar-refractivity contribution < 1.29 is 17.9 Å². The first kappa shape index (κ1) is 18.9. The molecule has 22 heavy (non-hydrogen) atoms. The second-order valence-electron chi connectivity index (χ2n) is 5.12. The van der Waals surface area contributed by atoms with Crippen LogP contribution in [0.4, 0.5) is 0 Å². The molecule has 1 aliphatic heterocycles. The fourth-order valence-electron chi connectivity index (χ4n) is 2.39. The van der Waals surface area contributed by atoms with E-state index in [2.05, 4.69) is 5.32 Å². The van der Waals surface area contributed by atoms with E-state index in [0.29, 0.717) is 30.8 Å². The first-order valence-corrected chi connectivity index (χ1v) is 8.42. The molecule has 1 aromatic rings. The van der Waals surface area contributed by atoms with E-state index in [4.69, 9.17) is 4.74 Å². The summed E-state index contributed by atoms with van der Waals surface area (Å²) in [6.45, 7) is 3.49. The highest BCUT2D eigenvalue weighted by Crippen LogP contribution is 2.17. The van der Waals surface area contributed by atoms with Gasteiger partial charge in [0, 0.05) is 25.7 Å². The number of halogens is 1. The van der Waals surface area contributed by atoms with Gasteiger partial charge >= 0.3 is 5.97 Å². The molecular formula is C14H21ClN2O4S. The van der Waals surface area contributed by atoms with Crippen molar-refractivity contribution in [2.75, 3.05) is 26.7 Å². The van der Waals surface area contributed by atoms with Crippen molar-refractivity contribution in [1.82, 2.24) is 9.62 Å². The molecule has 0 aliphatic carbocycles. The SMILES string of the molecule is COC(=O)c1ccccc1CS(=O)(=O)N1CCNC(C)C1.Cl. The van der Waals surface area contributed by atoms with Crippen molar-refractivity contribution in [2.24, 2.45) is 0 Å². The van der Waals surface area contributed by atoms with Crippen LogP contribution >= 0.6 is 12.4 Å². The predicted molar refractivity (Wildman–Crippen MR) is 86.7 cm³/mol. The van der Waals surface area contributed by atoms with Gasteiger partial charge in [-0.25, -0.2) is 13.2 Å². The molecule has 1 aromatic carbocycles. The van der Waals surface area contributed by atoms with Gasteiger partial charge in [-0.15, -0.1) is 12.4 Å². The zero-order chi connectivity index (χ0) is 15.5. The van der Waals surface area contributed by atoms with Crippen LogP contribution in [0, 0.1) is 0 Å². The third-order valence-corrected chi connectivity index (χ3v) is 5.28. The monoisotopic (exact) mass is 348 g/mol. The Balaban J connectivity index is 0.00000242. The summed E-state index contributed by atoms with van der Waals surface area (Å²) < 4.78 is 31.2. The molecule has 0 aromatic heterocycles. The van der Waals surface area contributed by atoms with E-state index in [1.165, 1.54) is 11.4 Å². The van der Waals surface area contributed by atoms with E-state index in [1.807, 2.05) is 6.92 Å². The number of hydrogen-bond donors (Lipinski definition) is 1. The van der Waals surface area contributed by atoms with Gasteiger partial charge in [0.15, 0.2) is 0 Å². The summed E-state index contributed by atoms with van der Waals surface area (Å²) in [4.78, 5) is 11.7. The van der Waals surface area contributed by atoms with Crippen LogP contribution in [0.25, 0.3) is 0 Å². The second-order valence-corrected chi connectivity index (χ2v) is 7.09. The molecular weight excluding hydrogens is 328 g/mol. The number of esters is 1. The maximum Gasteiger partial charge on any atom is 0.338 e. The van der Waals surface area contributed by atoms with Crippen LogP contribution < -0.4 is 5.32 Å². The van der Waals surface area contributed by atoms with Gasteiger partial charge in [-0.2, -0.15) is 4.31 Å². The maximum absolute atomic E-state index is 12.5. The summed E-state index contributed by atoms with van der Waals surface area (Å²) in [5.74, 6) is -0.708. The summed E-state index contributed by atoms with van der Waals surface area (Å²) in [6.07, 6.45) is 0. The first-order valence-electron chi connectivity index (χ1n) is 6.81. The smallest absolute Gasteiger partial charge is 0.338 e. The highest BCUT2D eigenvalue weighted by Gasteiger charge is 2.28. The highest BCUT2D eigenvalue weighted by atomic mass is 35.5. The Morgan fingerprint density at radius 1 is 1.41 bits per heavy atom. The van der Waals surface area contributed by atoms with E-state index >= 15 is 0 Å². The van der Waals surface area contributed by atoms with E-state index in [0.717, 1.165) is 0 Å². The summed E-state index contributed by atoms with van der Waals surface area (Å²) in [7, 11) is -2.16. The number of hydrogen-bond acceptors (Lipinski definition) is 5. The van der Waals surface area contributed by atoms with Gasteiger partial charge in [0.2, 0.25) is 10.0 Å². The van der Waals surface area contributed by atoms with Crippen molar-refractivity contribution in [3.63, 3.8) is 0 Å². The Labute approximate surface area is 137 Å². The van der Waals surface area contributed by atoms with Gasteiger partial charge < -0.3 is 10.1 Å². The van der Waals surface area contributed by atoms with E-state index in [-0.39, 0.29) is 24.2 Å². The van der Waals surface area contributed by atoms with Crippen LogP contribution in [0.15, 0.2) is 24.3 Å². The molecule has 2 rings (SSSR count). The van der Waals surface area contributed by atoms with Crippen molar-refractivity contribution in [1.29, 1.82) is 0 Å². The standard InChI is InChI=1S/C14H20N2O4S.ClH/c1-11-9-16(8-7-15-11)21(18,19)10-12-5-3-4-6-13(12)14(17)20-2;/h3-6,11,15H,7-10H2,1-2H3;1H. The minimum Gasteiger partial charge on any atom is -0.465 e. The van der Waals surface area contributed by atoms with Gasteiger partial charge in [0.1, 0.15) is 0 Å². The van der Waals surface area contributed by atoms with E-state index in [1.54, 1.807) is 24.3 Å². The van der Waals surface area contributed by atoms with E-state index in [9.17, 15) is 13.2 Å². The zero-order valence-electron chi connectivity index (χ0n) is 12.6. The summed E-state index contributed by atoms with van der Waals surface area (Å²) >= 11 is 0. The Kier molecular flexibility index (Phi) is 6.80. The molecule has 1 aliphatic rings. The van der Waals surface area contributed by atoms with E-state index < -0.39 is 16.0 Å². The molecule has 1 atom stereocenters. The van der Waals surface area contributed by atoms with Gasteiger partial charge in [0.25, 0.3) is 0 Å². The topological polar surface area (TPSA) is 75.7 Å². The number of nitrogens with zero attached hydrogens (tertiary/aromatic N) is 1. The Bertz CT molecular complexity index is 621. The maximum atomic E-state index is 12.5. The zero-order valence-corrected chi connectivity index (χ0v) is 14.2. The largest absolute Gasteiger partial charge is 0.465 e. The number of rotatable bonds is 4. The summed E-state index contributed by atoms with van der Waals surface area (Å²) in [6, 6.07) is 6.77. The predicted octanol–water partition coefficient (Wildman–Crippen LogP) is 1.02. The molecule has 8 heteroatoms. The molecule has 1 fully saturated rings. The summed E-state index contributed by atoms with van der Waals surface area (Å²) in [5, 5.41) is 3.21. The normalized spacial score (nSPS) is 19.3. The van der Waals surface area contributed by atoms with Crippen molar-refractivity contribution in [2.45, 2.75) is 18.7 Å². The fraction of sp³-hybridized carbons (Fsp3) is 0.500. The molecule has 1 unspecified atom stereocenters. The van der Waals surface area contributed by atoms with Crippen molar-refractivity contribution in [3.8, 4) is 0 Å². The molecule has 0 saturated carbocycles. The number of methoxy groups -OCH3 is 1. The second kappa shape index (κ2) is 7.92. The molecule has 124 valence electrons. The molecule has 0 spiro atoms. The van der Waals surface area contributed by atoms with Gasteiger partial charge in [-0.05, 0) is 18.6 Å². The third kappa shape index (κ3) is 4.42. The summed E-state index contributed by atoms with van der Waals surface area (Å²) in [5.41, 5.74) is 0.766. The number of benzene rings is 1. The van der Waals surface area contributed by atoms with Crippen LogP contribution in [0.5, 0.6) is 0 Å². The highest BCUT2D eigenvalue weighted by molar-refractivity contribution is 7.88. The molecule has 1 heterocycles. The minimum atomic E-state index is -3.45. The average molecular weight is 349 g/mol.